The van der Waals surface area contributed by atoms with Gasteiger partial charge >= 0.3 is 7.12 Å². The molecule has 4 nitrogen and oxygen atoms in total. The fourth-order valence-corrected chi connectivity index (χ4v) is 2.26. The Kier molecular flexibility index (Phi) is 6.26. The van der Waals surface area contributed by atoms with Crippen molar-refractivity contribution in [3.8, 4) is 5.75 Å². The molecule has 0 amide bonds. The van der Waals surface area contributed by atoms with Crippen molar-refractivity contribution < 1.29 is 18.5 Å². The fourth-order valence-electron chi connectivity index (χ4n) is 2.20. The molecule has 6 heteroatoms. The topological polar surface area (TPSA) is 36.9 Å². The highest BCUT2D eigenvalue weighted by Gasteiger charge is 2.27. The first-order chi connectivity index (χ1) is 9.36. The molecule has 0 fully saturated rings. The maximum atomic E-state index is 5.59. The molecule has 0 heterocycles. The van der Waals surface area contributed by atoms with E-state index in [-0.39, 0.29) is 12.2 Å². The molecule has 0 saturated heterocycles. The molecule has 20 heavy (non-hydrogen) atoms. The van der Waals surface area contributed by atoms with Gasteiger partial charge in [0.15, 0.2) is 0 Å². The van der Waals surface area contributed by atoms with Gasteiger partial charge in [0.2, 0.25) is 10.5 Å². The maximum Gasteiger partial charge on any atom is 0.495 e. The molecule has 0 N–H and O–H groups in total. The molecule has 0 unspecified atom stereocenters. The zero-order valence-corrected chi connectivity index (χ0v) is 14.1. The van der Waals surface area contributed by atoms with Gasteiger partial charge in [-0.25, -0.2) is 0 Å². The summed E-state index contributed by atoms with van der Waals surface area (Å²) in [7, 11) is 5.70. The van der Waals surface area contributed by atoms with Crippen molar-refractivity contribution in [2.45, 2.75) is 33.1 Å². The average molecular weight is 293 g/mol. The molecule has 0 spiro atoms. The second kappa shape index (κ2) is 7.26. The van der Waals surface area contributed by atoms with Gasteiger partial charge in [0, 0.05) is 7.11 Å². The monoisotopic (exact) mass is 293 g/mol. The zero-order valence-electron chi connectivity index (χ0n) is 13.1. The molecular weight excluding hydrogens is 271 g/mol. The Labute approximate surface area is 125 Å². The van der Waals surface area contributed by atoms with Gasteiger partial charge in [0.1, 0.15) is 12.5 Å². The van der Waals surface area contributed by atoms with E-state index in [0.717, 1.165) is 22.3 Å². The van der Waals surface area contributed by atoms with Gasteiger partial charge in [-0.05, 0) is 28.9 Å². The van der Waals surface area contributed by atoms with Gasteiger partial charge in [0.25, 0.3) is 0 Å². The summed E-state index contributed by atoms with van der Waals surface area (Å²) < 4.78 is 21.2. The Morgan fingerprint density at radius 3 is 2.30 bits per heavy atom. The van der Waals surface area contributed by atoms with Crippen LogP contribution in [0.4, 0.5) is 0 Å². The normalized spacial score (nSPS) is 11.6. The van der Waals surface area contributed by atoms with Crippen LogP contribution in [0.25, 0.3) is 0 Å². The molecular formula is C14H22BO4Si. The SMILES string of the molecule is COB(OCO[Si])c1ccc(C(C)(C)C)c(OC)c1C. The minimum atomic E-state index is -0.491. The van der Waals surface area contributed by atoms with Crippen LogP contribution >= 0.6 is 0 Å². The molecule has 0 aliphatic carbocycles. The van der Waals surface area contributed by atoms with Gasteiger partial charge in [-0.1, -0.05) is 32.9 Å². The number of methoxy groups -OCH3 is 1. The average Bonchev–Trinajstić information content (AvgIpc) is 2.39. The number of benzene rings is 1. The predicted octanol–water partition coefficient (Wildman–Crippen LogP) is 1.72. The predicted molar refractivity (Wildman–Crippen MR) is 81.6 cm³/mol. The van der Waals surface area contributed by atoms with Crippen molar-refractivity contribution in [2.24, 2.45) is 0 Å². The molecule has 0 saturated carbocycles. The van der Waals surface area contributed by atoms with Crippen LogP contribution in [0, 0.1) is 6.92 Å². The molecule has 0 aliphatic rings. The summed E-state index contributed by atoms with van der Waals surface area (Å²) >= 11 is 0. The second-order valence-corrected chi connectivity index (χ2v) is 5.90. The lowest BCUT2D eigenvalue weighted by atomic mass is 9.73. The Bertz CT molecular complexity index is 446. The van der Waals surface area contributed by atoms with Crippen molar-refractivity contribution in [1.82, 2.24) is 0 Å². The van der Waals surface area contributed by atoms with Crippen molar-refractivity contribution >= 4 is 23.1 Å². The van der Waals surface area contributed by atoms with Gasteiger partial charge in [-0.15, -0.1) is 0 Å². The van der Waals surface area contributed by atoms with E-state index in [1.807, 2.05) is 13.0 Å². The summed E-state index contributed by atoms with van der Waals surface area (Å²) in [4.78, 5) is 0. The Hall–Kier alpha value is -0.818. The van der Waals surface area contributed by atoms with E-state index in [1.54, 1.807) is 14.2 Å². The minimum Gasteiger partial charge on any atom is -0.496 e. The van der Waals surface area contributed by atoms with E-state index in [2.05, 4.69) is 37.3 Å². The first kappa shape index (κ1) is 17.2. The zero-order chi connectivity index (χ0) is 15.3. The smallest absolute Gasteiger partial charge is 0.495 e. The molecule has 0 bridgehead atoms. The number of hydrogen-bond donors (Lipinski definition) is 0. The number of ether oxygens (including phenoxy) is 1. The lowest BCUT2D eigenvalue weighted by Gasteiger charge is -2.25. The number of hydrogen-bond acceptors (Lipinski definition) is 4. The van der Waals surface area contributed by atoms with Gasteiger partial charge < -0.3 is 18.5 Å². The summed E-state index contributed by atoms with van der Waals surface area (Å²) in [6.45, 7) is 8.58. The van der Waals surface area contributed by atoms with E-state index in [9.17, 15) is 0 Å². The molecule has 1 aromatic carbocycles. The summed E-state index contributed by atoms with van der Waals surface area (Å²) in [5, 5.41) is 0. The Balaban J connectivity index is 3.23. The third-order valence-electron chi connectivity index (χ3n) is 3.21. The molecule has 109 valence electrons. The molecule has 0 aliphatic heterocycles. The van der Waals surface area contributed by atoms with Crippen LogP contribution in [0.2, 0.25) is 0 Å². The summed E-state index contributed by atoms with van der Waals surface area (Å²) in [6.07, 6.45) is 0. The molecule has 0 aromatic heterocycles. The van der Waals surface area contributed by atoms with E-state index < -0.39 is 7.12 Å². The summed E-state index contributed by atoms with van der Waals surface area (Å²) in [5.41, 5.74) is 3.12. The molecule has 3 radical (unpaired) electrons. The highest BCUT2D eigenvalue weighted by Crippen LogP contribution is 2.33. The van der Waals surface area contributed by atoms with Crippen molar-refractivity contribution in [3.63, 3.8) is 0 Å². The highest BCUT2D eigenvalue weighted by molar-refractivity contribution is 6.61. The van der Waals surface area contributed by atoms with Crippen molar-refractivity contribution in [2.75, 3.05) is 21.0 Å². The van der Waals surface area contributed by atoms with Gasteiger partial charge in [-0.2, -0.15) is 0 Å². The van der Waals surface area contributed by atoms with Crippen LogP contribution in [0.3, 0.4) is 0 Å². The molecule has 0 atom stereocenters. The lowest BCUT2D eigenvalue weighted by Crippen LogP contribution is -2.39. The lowest BCUT2D eigenvalue weighted by molar-refractivity contribution is 0.105. The van der Waals surface area contributed by atoms with Crippen LogP contribution in [-0.2, 0) is 19.1 Å². The van der Waals surface area contributed by atoms with Gasteiger partial charge in [0.05, 0.1) is 7.11 Å². The quantitative estimate of drug-likeness (QED) is 0.591. The molecule has 1 aromatic rings. The Morgan fingerprint density at radius 2 is 1.85 bits per heavy atom. The second-order valence-electron chi connectivity index (χ2n) is 5.61. The van der Waals surface area contributed by atoms with E-state index in [0.29, 0.717) is 0 Å². The summed E-state index contributed by atoms with van der Waals surface area (Å²) in [5.74, 6) is 0.875. The fraction of sp³-hybridized carbons (Fsp3) is 0.571. The largest absolute Gasteiger partial charge is 0.496 e. The van der Waals surface area contributed by atoms with Crippen LogP contribution < -0.4 is 10.2 Å². The van der Waals surface area contributed by atoms with Crippen LogP contribution in [-0.4, -0.2) is 38.6 Å². The third-order valence-corrected chi connectivity index (χ3v) is 3.32. The van der Waals surface area contributed by atoms with E-state index in [1.165, 1.54) is 0 Å². The first-order valence-corrected chi connectivity index (χ1v) is 6.88. The molecule has 1 rings (SSSR count). The van der Waals surface area contributed by atoms with Crippen LogP contribution in [0.1, 0.15) is 31.9 Å². The highest BCUT2D eigenvalue weighted by atomic mass is 28.2. The van der Waals surface area contributed by atoms with Crippen molar-refractivity contribution in [1.29, 1.82) is 0 Å². The minimum absolute atomic E-state index is 0.0107. The van der Waals surface area contributed by atoms with Crippen LogP contribution in [0.5, 0.6) is 5.75 Å². The van der Waals surface area contributed by atoms with Gasteiger partial charge in [-0.3, -0.25) is 0 Å². The maximum absolute atomic E-state index is 5.59. The third kappa shape index (κ3) is 3.85. The summed E-state index contributed by atoms with van der Waals surface area (Å²) in [6, 6.07) is 4.07. The van der Waals surface area contributed by atoms with Crippen LogP contribution in [0.15, 0.2) is 12.1 Å². The van der Waals surface area contributed by atoms with E-state index in [4.69, 9.17) is 18.5 Å². The first-order valence-electron chi connectivity index (χ1n) is 6.47. The van der Waals surface area contributed by atoms with Crippen molar-refractivity contribution in [3.05, 3.63) is 23.3 Å². The standard InChI is InChI=1S/C14H22BO4Si/c1-10-12(15(17-6)18-9-19-20)8-7-11(13(10)16-5)14(2,3)4/h7-8H,9H2,1-6H3. The Morgan fingerprint density at radius 1 is 1.20 bits per heavy atom. The van der Waals surface area contributed by atoms with E-state index >= 15 is 0 Å². The number of rotatable bonds is 6.